The number of hydrogen-bond acceptors (Lipinski definition) is 7. The molecule has 0 aliphatic carbocycles. The highest BCUT2D eigenvalue weighted by atomic mass is 31.1. The number of nitrogens with zero attached hydrogens (tertiary/aromatic N) is 1. The van der Waals surface area contributed by atoms with E-state index in [2.05, 4.69) is 9.51 Å². The summed E-state index contributed by atoms with van der Waals surface area (Å²) in [6.45, 7) is 1.16. The molecule has 2 heterocycles. The Morgan fingerprint density at radius 1 is 1.48 bits per heavy atom. The minimum atomic E-state index is -3.06. The van der Waals surface area contributed by atoms with Gasteiger partial charge in [0.1, 0.15) is 0 Å². The van der Waals surface area contributed by atoms with Crippen LogP contribution in [0.3, 0.4) is 0 Å². The van der Waals surface area contributed by atoms with E-state index in [0.717, 1.165) is 0 Å². The molecule has 1 unspecified atom stereocenters. The zero-order valence-electron chi connectivity index (χ0n) is 11.1. The number of H-pyrrole nitrogens is 1. The lowest BCUT2D eigenvalue weighted by atomic mass is 10.4. The fourth-order valence-corrected chi connectivity index (χ4v) is 1.76. The summed E-state index contributed by atoms with van der Waals surface area (Å²) in [6, 6.07) is 0. The van der Waals surface area contributed by atoms with Crippen molar-refractivity contribution >= 4 is 8.25 Å². The van der Waals surface area contributed by atoms with Crippen LogP contribution in [0.5, 0.6) is 0 Å². The molecule has 1 aromatic rings. The Kier molecular flexibility index (Phi) is 6.21. The summed E-state index contributed by atoms with van der Waals surface area (Å²) in [7, 11) is -3.06. The van der Waals surface area contributed by atoms with Crippen molar-refractivity contribution in [1.29, 1.82) is 0 Å². The first kappa shape index (κ1) is 17.5. The third-order valence-corrected chi connectivity index (χ3v) is 2.91. The van der Waals surface area contributed by atoms with Gasteiger partial charge in [-0.1, -0.05) is 0 Å². The lowest BCUT2D eigenvalue weighted by molar-refractivity contribution is -0.166. The zero-order valence-corrected chi connectivity index (χ0v) is 12.1. The smallest absolute Gasteiger partial charge is 0.330 e. The first-order valence-electron chi connectivity index (χ1n) is 5.60. The van der Waals surface area contributed by atoms with Crippen molar-refractivity contribution < 1.29 is 23.5 Å². The van der Waals surface area contributed by atoms with Crippen molar-refractivity contribution in [2.75, 3.05) is 6.79 Å². The standard InChI is InChI=1S/C10H13N2O7P.H3N/c1-6-4-12(10(14)11-9(6)13)7-2-3-8(19-7)17-5-18-20(15)16;/h2-4,7-8,20H,5H2,1H3,(H,15,16)(H,11,13,14);1H3/t7-,8+;/m1./s1. The molecule has 0 spiro atoms. The molecule has 0 bridgehead atoms. The van der Waals surface area contributed by atoms with Gasteiger partial charge in [0.25, 0.3) is 5.56 Å². The molecule has 0 radical (unpaired) electrons. The molecule has 3 atom stereocenters. The van der Waals surface area contributed by atoms with Crippen molar-refractivity contribution in [3.8, 4) is 0 Å². The van der Waals surface area contributed by atoms with Crippen LogP contribution in [0.1, 0.15) is 11.8 Å². The number of aryl methyl sites for hydroxylation is 1. The van der Waals surface area contributed by atoms with Crippen LogP contribution in [0.4, 0.5) is 0 Å². The fourth-order valence-electron chi connectivity index (χ4n) is 1.59. The lowest BCUT2D eigenvalue weighted by Crippen LogP contribution is -2.33. The Balaban J connectivity index is 0.00000220. The summed E-state index contributed by atoms with van der Waals surface area (Å²) in [5, 5.41) is 0. The largest absolute Gasteiger partial charge is 0.344 e. The molecule has 0 fully saturated rings. The van der Waals surface area contributed by atoms with Gasteiger partial charge in [0, 0.05) is 11.8 Å². The molecule has 0 amide bonds. The Labute approximate surface area is 119 Å². The monoisotopic (exact) mass is 321 g/mol. The second kappa shape index (κ2) is 7.46. The Bertz CT molecular complexity index is 653. The zero-order chi connectivity index (χ0) is 14.7. The van der Waals surface area contributed by atoms with Crippen LogP contribution >= 0.6 is 8.25 Å². The molecule has 1 aliphatic heterocycles. The van der Waals surface area contributed by atoms with E-state index in [0.29, 0.717) is 5.56 Å². The summed E-state index contributed by atoms with van der Waals surface area (Å²) < 4.78 is 26.2. The predicted molar refractivity (Wildman–Crippen MR) is 72.4 cm³/mol. The van der Waals surface area contributed by atoms with E-state index in [1.165, 1.54) is 16.8 Å². The van der Waals surface area contributed by atoms with Gasteiger partial charge in [-0.05, 0) is 19.1 Å². The van der Waals surface area contributed by atoms with Crippen LogP contribution in [-0.2, 0) is 18.6 Å². The first-order valence-corrected chi connectivity index (χ1v) is 6.87. The van der Waals surface area contributed by atoms with E-state index in [4.69, 9.17) is 14.4 Å². The first-order chi connectivity index (χ1) is 9.47. The number of ether oxygens (including phenoxy) is 2. The van der Waals surface area contributed by atoms with E-state index < -0.39 is 38.8 Å². The second-order valence-corrected chi connectivity index (χ2v) is 4.77. The van der Waals surface area contributed by atoms with Crippen LogP contribution in [0.15, 0.2) is 27.9 Å². The number of aromatic amines is 1. The summed E-state index contributed by atoms with van der Waals surface area (Å²) in [4.78, 5) is 33.5. The number of hydrogen-bond donors (Lipinski definition) is 3. The average molecular weight is 321 g/mol. The third-order valence-electron chi connectivity index (χ3n) is 2.54. The maximum atomic E-state index is 11.6. The molecular weight excluding hydrogens is 305 g/mol. The topological polar surface area (TPSA) is 155 Å². The van der Waals surface area contributed by atoms with Gasteiger partial charge in [-0.15, -0.1) is 0 Å². The SMILES string of the molecule is Cc1cn([C@H]2C=C[C@@H](OCO[PH](=O)O)O2)c(=O)[nH]c1=O.N. The van der Waals surface area contributed by atoms with Crippen LogP contribution in [0.2, 0.25) is 0 Å². The highest BCUT2D eigenvalue weighted by molar-refractivity contribution is 7.32. The fraction of sp³-hybridized carbons (Fsp3) is 0.400. The molecule has 0 aromatic carbocycles. The molecule has 2 rings (SSSR count). The van der Waals surface area contributed by atoms with Crippen molar-refractivity contribution in [2.24, 2.45) is 0 Å². The predicted octanol–water partition coefficient (Wildman–Crippen LogP) is -0.209. The molecule has 11 heteroatoms. The van der Waals surface area contributed by atoms with Gasteiger partial charge in [0.2, 0.25) is 0 Å². The van der Waals surface area contributed by atoms with Crippen molar-refractivity contribution in [1.82, 2.24) is 15.7 Å². The van der Waals surface area contributed by atoms with Gasteiger partial charge < -0.3 is 20.5 Å². The number of nitrogens with one attached hydrogen (secondary N) is 1. The maximum absolute atomic E-state index is 11.6. The van der Waals surface area contributed by atoms with Crippen molar-refractivity contribution in [2.45, 2.75) is 19.4 Å². The Hall–Kier alpha value is -1.55. The van der Waals surface area contributed by atoms with Crippen LogP contribution in [0.25, 0.3) is 0 Å². The van der Waals surface area contributed by atoms with Gasteiger partial charge in [-0.25, -0.2) is 4.79 Å². The summed E-state index contributed by atoms with van der Waals surface area (Å²) in [5.41, 5.74) is -0.691. The van der Waals surface area contributed by atoms with Crippen LogP contribution in [0, 0.1) is 6.92 Å². The van der Waals surface area contributed by atoms with Gasteiger partial charge in [0.05, 0.1) is 0 Å². The molecule has 118 valence electrons. The van der Waals surface area contributed by atoms with Crippen molar-refractivity contribution in [3.05, 3.63) is 44.8 Å². The van der Waals surface area contributed by atoms with Crippen LogP contribution < -0.4 is 17.4 Å². The molecule has 0 saturated heterocycles. The minimum Gasteiger partial charge on any atom is -0.344 e. The maximum Gasteiger partial charge on any atom is 0.330 e. The third kappa shape index (κ3) is 4.46. The van der Waals surface area contributed by atoms with Gasteiger partial charge in [0.15, 0.2) is 19.3 Å². The van der Waals surface area contributed by atoms with E-state index >= 15 is 0 Å². The van der Waals surface area contributed by atoms with E-state index in [1.54, 1.807) is 13.0 Å². The average Bonchev–Trinajstić information content (AvgIpc) is 2.82. The Morgan fingerprint density at radius 2 is 2.19 bits per heavy atom. The summed E-state index contributed by atoms with van der Waals surface area (Å²) in [6.07, 6.45) is 2.93. The highest BCUT2D eigenvalue weighted by Crippen LogP contribution is 2.21. The highest BCUT2D eigenvalue weighted by Gasteiger charge is 2.22. The van der Waals surface area contributed by atoms with Crippen molar-refractivity contribution in [3.63, 3.8) is 0 Å². The summed E-state index contributed by atoms with van der Waals surface area (Å²) in [5.74, 6) is 0. The van der Waals surface area contributed by atoms with Crippen LogP contribution in [-0.4, -0.2) is 27.5 Å². The quantitative estimate of drug-likeness (QED) is 0.382. The molecule has 1 aromatic heterocycles. The van der Waals surface area contributed by atoms with E-state index in [9.17, 15) is 14.2 Å². The summed E-state index contributed by atoms with van der Waals surface area (Å²) >= 11 is 0. The normalized spacial score (nSPS) is 22.0. The Morgan fingerprint density at radius 3 is 2.86 bits per heavy atom. The molecule has 5 N–H and O–H groups in total. The van der Waals surface area contributed by atoms with E-state index in [-0.39, 0.29) is 6.15 Å². The molecular formula is C10H16N3O7P. The van der Waals surface area contributed by atoms with Gasteiger partial charge >= 0.3 is 13.9 Å². The second-order valence-electron chi connectivity index (χ2n) is 3.95. The molecule has 21 heavy (non-hydrogen) atoms. The molecule has 10 nitrogen and oxygen atoms in total. The minimum absolute atomic E-state index is 0. The van der Waals surface area contributed by atoms with Gasteiger partial charge in [-0.3, -0.25) is 23.4 Å². The van der Waals surface area contributed by atoms with E-state index in [1.807, 2.05) is 0 Å². The number of aromatic nitrogens is 2. The molecule has 0 saturated carbocycles. The number of rotatable bonds is 5. The molecule has 1 aliphatic rings. The van der Waals surface area contributed by atoms with Gasteiger partial charge in [-0.2, -0.15) is 0 Å². The lowest BCUT2D eigenvalue weighted by Gasteiger charge is -2.16.